The highest BCUT2D eigenvalue weighted by Gasteiger charge is 2.12. The van der Waals surface area contributed by atoms with Gasteiger partial charge in [0.2, 0.25) is 0 Å². The van der Waals surface area contributed by atoms with E-state index in [1.807, 2.05) is 35.7 Å². The summed E-state index contributed by atoms with van der Waals surface area (Å²) >= 11 is 0. The monoisotopic (exact) mass is 219 g/mol. The molecule has 2 heterocycles. The van der Waals surface area contributed by atoms with E-state index in [4.69, 9.17) is 0 Å². The van der Waals surface area contributed by atoms with Crippen LogP contribution in [0.2, 0.25) is 0 Å². The van der Waals surface area contributed by atoms with Gasteiger partial charge in [-0.15, -0.1) is 0 Å². The predicted octanol–water partition coefficient (Wildman–Crippen LogP) is 1.41. The van der Waals surface area contributed by atoms with Crippen molar-refractivity contribution >= 4 is 5.82 Å². The van der Waals surface area contributed by atoms with Crippen LogP contribution in [0, 0.1) is 6.92 Å². The minimum absolute atomic E-state index is 0.808. The van der Waals surface area contributed by atoms with Crippen LogP contribution in [-0.4, -0.2) is 25.9 Å². The number of rotatable bonds is 4. The van der Waals surface area contributed by atoms with Crippen molar-refractivity contribution < 1.29 is 0 Å². The van der Waals surface area contributed by atoms with E-state index in [2.05, 4.69) is 22.3 Å². The van der Waals surface area contributed by atoms with Gasteiger partial charge < -0.3 is 9.88 Å². The maximum atomic E-state index is 4.43. The van der Waals surface area contributed by atoms with Crippen molar-refractivity contribution in [2.24, 2.45) is 7.05 Å². The van der Waals surface area contributed by atoms with Gasteiger partial charge in [-0.3, -0.25) is 4.68 Å². The molecule has 0 fully saturated rings. The maximum absolute atomic E-state index is 4.43. The Hall–Kier alpha value is -1.78. The molecule has 0 aromatic carbocycles. The molecule has 0 bridgehead atoms. The smallest absolute Gasteiger partial charge is 0.129 e. The third kappa shape index (κ3) is 1.93. The van der Waals surface area contributed by atoms with Crippen LogP contribution in [0.25, 0.3) is 0 Å². The highest BCUT2D eigenvalue weighted by Crippen LogP contribution is 2.19. The fourth-order valence-corrected chi connectivity index (χ4v) is 1.84. The van der Waals surface area contributed by atoms with Crippen LogP contribution in [0.15, 0.2) is 18.7 Å². The van der Waals surface area contributed by atoms with Gasteiger partial charge in [0.15, 0.2) is 0 Å². The van der Waals surface area contributed by atoms with Crippen molar-refractivity contribution in [3.63, 3.8) is 0 Å². The second-order valence-corrected chi connectivity index (χ2v) is 3.80. The Kier molecular flexibility index (Phi) is 2.94. The van der Waals surface area contributed by atoms with Gasteiger partial charge in [-0.2, -0.15) is 5.10 Å². The summed E-state index contributed by atoms with van der Waals surface area (Å²) < 4.78 is 3.94. The van der Waals surface area contributed by atoms with Gasteiger partial charge >= 0.3 is 0 Å². The van der Waals surface area contributed by atoms with Crippen molar-refractivity contribution in [2.75, 3.05) is 11.9 Å². The summed E-state index contributed by atoms with van der Waals surface area (Å²) in [5.74, 6) is 1.09. The Bertz CT molecular complexity index is 455. The quantitative estimate of drug-likeness (QED) is 0.845. The van der Waals surface area contributed by atoms with E-state index in [1.54, 1.807) is 6.20 Å². The summed E-state index contributed by atoms with van der Waals surface area (Å²) in [4.78, 5) is 4.05. The standard InChI is InChI=1S/C11H17N5/c1-4-13-11-10(9(2)14-15(11)3)7-16-6-5-12-8-16/h5-6,8,13H,4,7H2,1-3H3. The molecule has 0 aliphatic rings. The van der Waals surface area contributed by atoms with Crippen molar-refractivity contribution in [2.45, 2.75) is 20.4 Å². The summed E-state index contributed by atoms with van der Waals surface area (Å²) in [6.45, 7) is 5.83. The molecule has 2 aromatic heterocycles. The number of hydrogen-bond acceptors (Lipinski definition) is 3. The Morgan fingerprint density at radius 2 is 2.25 bits per heavy atom. The molecule has 0 saturated heterocycles. The number of hydrogen-bond donors (Lipinski definition) is 1. The molecule has 0 unspecified atom stereocenters. The van der Waals surface area contributed by atoms with Gasteiger partial charge in [0.25, 0.3) is 0 Å². The molecule has 86 valence electrons. The molecule has 0 aliphatic carbocycles. The fourth-order valence-electron chi connectivity index (χ4n) is 1.84. The van der Waals surface area contributed by atoms with E-state index >= 15 is 0 Å². The molecule has 16 heavy (non-hydrogen) atoms. The van der Waals surface area contributed by atoms with Crippen LogP contribution in [0.4, 0.5) is 5.82 Å². The average molecular weight is 219 g/mol. The minimum atomic E-state index is 0.808. The van der Waals surface area contributed by atoms with Crippen LogP contribution in [0.5, 0.6) is 0 Å². The molecular formula is C11H17N5. The van der Waals surface area contributed by atoms with Crippen molar-refractivity contribution in [1.82, 2.24) is 19.3 Å². The predicted molar refractivity (Wildman–Crippen MR) is 63.4 cm³/mol. The van der Waals surface area contributed by atoms with E-state index in [9.17, 15) is 0 Å². The third-order valence-electron chi connectivity index (χ3n) is 2.59. The van der Waals surface area contributed by atoms with Gasteiger partial charge in [0, 0.05) is 31.5 Å². The molecule has 0 saturated carbocycles. The zero-order valence-corrected chi connectivity index (χ0v) is 9.94. The van der Waals surface area contributed by atoms with E-state index in [1.165, 1.54) is 5.56 Å². The summed E-state index contributed by atoms with van der Waals surface area (Å²) in [5.41, 5.74) is 2.29. The number of anilines is 1. The average Bonchev–Trinajstić information content (AvgIpc) is 2.82. The first-order valence-corrected chi connectivity index (χ1v) is 5.44. The van der Waals surface area contributed by atoms with Crippen molar-refractivity contribution in [3.8, 4) is 0 Å². The van der Waals surface area contributed by atoms with Crippen molar-refractivity contribution in [1.29, 1.82) is 0 Å². The van der Waals surface area contributed by atoms with Crippen LogP contribution in [-0.2, 0) is 13.6 Å². The van der Waals surface area contributed by atoms with Crippen LogP contribution < -0.4 is 5.32 Å². The van der Waals surface area contributed by atoms with E-state index in [0.717, 1.165) is 24.6 Å². The molecule has 0 aliphatic heterocycles. The Balaban J connectivity index is 2.31. The molecule has 5 nitrogen and oxygen atoms in total. The normalized spacial score (nSPS) is 10.7. The molecule has 1 N–H and O–H groups in total. The second kappa shape index (κ2) is 4.38. The van der Waals surface area contributed by atoms with E-state index < -0.39 is 0 Å². The number of imidazole rings is 1. The number of nitrogens with zero attached hydrogens (tertiary/aromatic N) is 4. The first-order valence-electron chi connectivity index (χ1n) is 5.44. The molecule has 0 spiro atoms. The van der Waals surface area contributed by atoms with Crippen LogP contribution in [0.1, 0.15) is 18.2 Å². The lowest BCUT2D eigenvalue weighted by Crippen LogP contribution is -2.07. The Morgan fingerprint density at radius 3 is 2.88 bits per heavy atom. The summed E-state index contributed by atoms with van der Waals surface area (Å²) in [6, 6.07) is 0. The number of nitrogens with one attached hydrogen (secondary N) is 1. The van der Waals surface area contributed by atoms with E-state index in [-0.39, 0.29) is 0 Å². The lowest BCUT2D eigenvalue weighted by molar-refractivity contribution is 0.759. The fraction of sp³-hybridized carbons (Fsp3) is 0.455. The maximum Gasteiger partial charge on any atom is 0.129 e. The van der Waals surface area contributed by atoms with Gasteiger partial charge in [0.1, 0.15) is 5.82 Å². The van der Waals surface area contributed by atoms with Crippen LogP contribution in [0.3, 0.4) is 0 Å². The van der Waals surface area contributed by atoms with Crippen LogP contribution >= 0.6 is 0 Å². The molecular weight excluding hydrogens is 202 g/mol. The zero-order chi connectivity index (χ0) is 11.5. The molecule has 2 rings (SSSR count). The largest absolute Gasteiger partial charge is 0.370 e. The molecule has 0 atom stereocenters. The molecule has 0 radical (unpaired) electrons. The Labute approximate surface area is 95.1 Å². The highest BCUT2D eigenvalue weighted by molar-refractivity contribution is 5.47. The molecule has 5 heteroatoms. The summed E-state index contributed by atoms with van der Waals surface area (Å²) in [7, 11) is 1.96. The van der Waals surface area contributed by atoms with Gasteiger partial charge in [-0.05, 0) is 13.8 Å². The summed E-state index contributed by atoms with van der Waals surface area (Å²) in [6.07, 6.45) is 5.57. The first-order chi connectivity index (χ1) is 7.72. The van der Waals surface area contributed by atoms with Crippen molar-refractivity contribution in [3.05, 3.63) is 30.0 Å². The topological polar surface area (TPSA) is 47.7 Å². The lowest BCUT2D eigenvalue weighted by atomic mass is 10.2. The lowest BCUT2D eigenvalue weighted by Gasteiger charge is -2.08. The number of aromatic nitrogens is 4. The summed E-state index contributed by atoms with van der Waals surface area (Å²) in [5, 5.41) is 7.77. The molecule has 2 aromatic rings. The van der Waals surface area contributed by atoms with E-state index in [0.29, 0.717) is 0 Å². The Morgan fingerprint density at radius 1 is 1.44 bits per heavy atom. The first kappa shape index (κ1) is 10.7. The number of aryl methyl sites for hydroxylation is 2. The molecule has 0 amide bonds. The van der Waals surface area contributed by atoms with Gasteiger partial charge in [-0.25, -0.2) is 4.98 Å². The zero-order valence-electron chi connectivity index (χ0n) is 9.94. The van der Waals surface area contributed by atoms with Gasteiger partial charge in [-0.1, -0.05) is 0 Å². The minimum Gasteiger partial charge on any atom is -0.370 e. The third-order valence-corrected chi connectivity index (χ3v) is 2.59. The second-order valence-electron chi connectivity index (χ2n) is 3.80. The SMILES string of the molecule is CCNc1c(Cn2ccnc2)c(C)nn1C. The highest BCUT2D eigenvalue weighted by atomic mass is 15.3. The van der Waals surface area contributed by atoms with Gasteiger partial charge in [0.05, 0.1) is 18.6 Å².